The summed E-state index contributed by atoms with van der Waals surface area (Å²) in [6.45, 7) is 8.55. The predicted molar refractivity (Wildman–Crippen MR) is 98.5 cm³/mol. The van der Waals surface area contributed by atoms with Crippen molar-refractivity contribution in [1.82, 2.24) is 20.0 Å². The largest absolute Gasteiger partial charge is 0.374 e. The molecule has 7 nitrogen and oxygen atoms in total. The monoisotopic (exact) mass is 409 g/mol. The number of anilines is 1. The van der Waals surface area contributed by atoms with Crippen molar-refractivity contribution >= 4 is 21.7 Å². The van der Waals surface area contributed by atoms with Crippen molar-refractivity contribution in [2.75, 3.05) is 38.2 Å². The second kappa shape index (κ2) is 8.25. The minimum absolute atomic E-state index is 0.149. The summed E-state index contributed by atoms with van der Waals surface area (Å²) in [6, 6.07) is 2.14. The third-order valence-electron chi connectivity index (χ3n) is 4.50. The molecule has 0 saturated carbocycles. The van der Waals surface area contributed by atoms with Crippen LogP contribution < -0.4 is 4.90 Å². The second-order valence-electron chi connectivity index (χ2n) is 6.33. The molecule has 136 valence electrons. The summed E-state index contributed by atoms with van der Waals surface area (Å²) in [5, 5.41) is 3.99. The SMILES string of the molecule is COC(C)c1noc(CN2CCCN(c3cc(C)c(Br)cn3)CC2)n1. The van der Waals surface area contributed by atoms with Crippen LogP contribution in [-0.2, 0) is 11.3 Å². The first kappa shape index (κ1) is 18.3. The molecule has 1 saturated heterocycles. The standard InChI is InChI=1S/C17H24BrN5O2/c1-12-9-15(19-10-14(12)18)23-6-4-5-22(7-8-23)11-16-20-17(21-25-16)13(2)24-3/h9-10,13H,4-8,11H2,1-3H3. The van der Waals surface area contributed by atoms with Gasteiger partial charge in [0.25, 0.3) is 0 Å². The van der Waals surface area contributed by atoms with E-state index < -0.39 is 0 Å². The van der Waals surface area contributed by atoms with Gasteiger partial charge in [0.1, 0.15) is 11.9 Å². The number of hydrogen-bond donors (Lipinski definition) is 0. The highest BCUT2D eigenvalue weighted by Gasteiger charge is 2.19. The highest BCUT2D eigenvalue weighted by molar-refractivity contribution is 9.10. The van der Waals surface area contributed by atoms with Crippen LogP contribution >= 0.6 is 15.9 Å². The zero-order chi connectivity index (χ0) is 17.8. The van der Waals surface area contributed by atoms with Gasteiger partial charge >= 0.3 is 0 Å². The van der Waals surface area contributed by atoms with Crippen LogP contribution in [0.5, 0.6) is 0 Å². The number of nitrogens with zero attached hydrogens (tertiary/aromatic N) is 5. The van der Waals surface area contributed by atoms with Gasteiger partial charge in [-0.2, -0.15) is 4.98 Å². The van der Waals surface area contributed by atoms with Gasteiger partial charge in [0, 0.05) is 44.0 Å². The first-order valence-electron chi connectivity index (χ1n) is 8.51. The van der Waals surface area contributed by atoms with Crippen LogP contribution in [0.25, 0.3) is 0 Å². The van der Waals surface area contributed by atoms with Crippen molar-refractivity contribution in [2.45, 2.75) is 32.9 Å². The number of rotatable bonds is 5. The zero-order valence-corrected chi connectivity index (χ0v) is 16.5. The molecular formula is C17H24BrN5O2. The summed E-state index contributed by atoms with van der Waals surface area (Å²) in [6.07, 6.45) is 2.81. The third kappa shape index (κ3) is 4.56. The maximum Gasteiger partial charge on any atom is 0.240 e. The minimum atomic E-state index is -0.149. The van der Waals surface area contributed by atoms with Crippen molar-refractivity contribution in [2.24, 2.45) is 0 Å². The van der Waals surface area contributed by atoms with Gasteiger partial charge in [-0.3, -0.25) is 4.90 Å². The van der Waals surface area contributed by atoms with Crippen LogP contribution in [0.3, 0.4) is 0 Å². The molecule has 0 amide bonds. The molecule has 0 aromatic carbocycles. The van der Waals surface area contributed by atoms with Crippen LogP contribution in [-0.4, -0.2) is 53.3 Å². The fraction of sp³-hybridized carbons (Fsp3) is 0.588. The third-order valence-corrected chi connectivity index (χ3v) is 5.33. The van der Waals surface area contributed by atoms with Crippen LogP contribution in [0, 0.1) is 6.92 Å². The summed E-state index contributed by atoms with van der Waals surface area (Å²) in [4.78, 5) is 13.7. The lowest BCUT2D eigenvalue weighted by Gasteiger charge is -2.22. The second-order valence-corrected chi connectivity index (χ2v) is 7.19. The summed E-state index contributed by atoms with van der Waals surface area (Å²) >= 11 is 3.51. The molecule has 0 radical (unpaired) electrons. The number of aryl methyl sites for hydroxylation is 1. The molecule has 1 fully saturated rings. The lowest BCUT2D eigenvalue weighted by Crippen LogP contribution is -2.31. The molecule has 1 aliphatic rings. The Morgan fingerprint density at radius 1 is 1.32 bits per heavy atom. The number of pyridine rings is 1. The number of ether oxygens (including phenoxy) is 1. The quantitative estimate of drug-likeness (QED) is 0.751. The number of methoxy groups -OCH3 is 1. The van der Waals surface area contributed by atoms with E-state index in [-0.39, 0.29) is 6.10 Å². The molecule has 0 aliphatic carbocycles. The molecule has 8 heteroatoms. The molecule has 1 aliphatic heterocycles. The van der Waals surface area contributed by atoms with Gasteiger partial charge in [0.05, 0.1) is 6.54 Å². The minimum Gasteiger partial charge on any atom is -0.374 e. The van der Waals surface area contributed by atoms with Crippen LogP contribution in [0.2, 0.25) is 0 Å². The number of halogens is 1. The Hall–Kier alpha value is -1.51. The smallest absolute Gasteiger partial charge is 0.240 e. The predicted octanol–water partition coefficient (Wildman–Crippen LogP) is 2.96. The van der Waals surface area contributed by atoms with Crippen molar-refractivity contribution in [3.05, 3.63) is 34.0 Å². The van der Waals surface area contributed by atoms with Crippen molar-refractivity contribution in [3.8, 4) is 0 Å². The van der Waals surface area contributed by atoms with E-state index in [1.165, 1.54) is 5.56 Å². The van der Waals surface area contributed by atoms with Gasteiger partial charge in [-0.1, -0.05) is 5.16 Å². The summed E-state index contributed by atoms with van der Waals surface area (Å²) in [7, 11) is 1.64. The fourth-order valence-electron chi connectivity index (χ4n) is 2.85. The summed E-state index contributed by atoms with van der Waals surface area (Å²) in [5.41, 5.74) is 1.21. The summed E-state index contributed by atoms with van der Waals surface area (Å²) in [5.74, 6) is 2.28. The maximum atomic E-state index is 5.36. The maximum absolute atomic E-state index is 5.36. The van der Waals surface area contributed by atoms with Gasteiger partial charge in [-0.15, -0.1) is 0 Å². The molecule has 0 bridgehead atoms. The molecule has 0 N–H and O–H groups in total. The van der Waals surface area contributed by atoms with E-state index in [2.05, 4.69) is 53.8 Å². The molecule has 0 spiro atoms. The van der Waals surface area contributed by atoms with Gasteiger partial charge in [0.15, 0.2) is 5.82 Å². The molecule has 2 aromatic heterocycles. The summed E-state index contributed by atoms with van der Waals surface area (Å²) < 4.78 is 11.6. The zero-order valence-electron chi connectivity index (χ0n) is 14.9. The van der Waals surface area contributed by atoms with Crippen molar-refractivity contribution in [1.29, 1.82) is 0 Å². The van der Waals surface area contributed by atoms with Crippen LogP contribution in [0.1, 0.15) is 36.7 Å². The lowest BCUT2D eigenvalue weighted by atomic mass is 10.3. The number of hydrogen-bond acceptors (Lipinski definition) is 7. The van der Waals surface area contributed by atoms with Gasteiger partial charge in [0.2, 0.25) is 5.89 Å². The first-order chi connectivity index (χ1) is 12.1. The molecule has 1 unspecified atom stereocenters. The van der Waals surface area contributed by atoms with Gasteiger partial charge < -0.3 is 14.2 Å². The van der Waals surface area contributed by atoms with Crippen LogP contribution in [0.4, 0.5) is 5.82 Å². The Kier molecular flexibility index (Phi) is 6.03. The molecule has 1 atom stereocenters. The molecular weight excluding hydrogens is 386 g/mol. The van der Waals surface area contributed by atoms with E-state index in [9.17, 15) is 0 Å². The van der Waals surface area contributed by atoms with E-state index in [4.69, 9.17) is 9.26 Å². The fourth-order valence-corrected chi connectivity index (χ4v) is 3.07. The lowest BCUT2D eigenvalue weighted by molar-refractivity contribution is 0.109. The molecule has 25 heavy (non-hydrogen) atoms. The Morgan fingerprint density at radius 2 is 2.16 bits per heavy atom. The van der Waals surface area contributed by atoms with Crippen LogP contribution in [0.15, 0.2) is 21.3 Å². The van der Waals surface area contributed by atoms with Gasteiger partial charge in [-0.05, 0) is 47.8 Å². The van der Waals surface area contributed by atoms with Gasteiger partial charge in [-0.25, -0.2) is 4.98 Å². The Morgan fingerprint density at radius 3 is 2.92 bits per heavy atom. The average molecular weight is 410 g/mol. The topological polar surface area (TPSA) is 67.5 Å². The van der Waals surface area contributed by atoms with Crippen molar-refractivity contribution < 1.29 is 9.26 Å². The molecule has 3 rings (SSSR count). The Bertz CT molecular complexity index is 708. The highest BCUT2D eigenvalue weighted by atomic mass is 79.9. The van der Waals surface area contributed by atoms with Crippen molar-refractivity contribution in [3.63, 3.8) is 0 Å². The van der Waals surface area contributed by atoms with E-state index in [1.807, 2.05) is 13.1 Å². The molecule has 3 heterocycles. The van der Waals surface area contributed by atoms with E-state index >= 15 is 0 Å². The normalized spacial score (nSPS) is 17.5. The van der Waals surface area contributed by atoms with E-state index in [0.29, 0.717) is 18.3 Å². The number of aromatic nitrogens is 3. The first-order valence-corrected chi connectivity index (χ1v) is 9.31. The Labute approximate surface area is 156 Å². The molecule has 2 aromatic rings. The highest BCUT2D eigenvalue weighted by Crippen LogP contribution is 2.21. The van der Waals surface area contributed by atoms with E-state index in [1.54, 1.807) is 7.11 Å². The van der Waals surface area contributed by atoms with E-state index in [0.717, 1.165) is 42.9 Å². The average Bonchev–Trinajstić information content (AvgIpc) is 2.95. The Balaban J connectivity index is 1.59.